The minimum atomic E-state index is -1.01. The number of ether oxygens (including phenoxy) is 1. The average Bonchev–Trinajstić information content (AvgIpc) is 2.26. The third-order valence-electron chi connectivity index (χ3n) is 2.60. The van der Waals surface area contributed by atoms with Gasteiger partial charge in [0.15, 0.2) is 0 Å². The lowest BCUT2D eigenvalue weighted by Crippen LogP contribution is -2.49. The van der Waals surface area contributed by atoms with Crippen molar-refractivity contribution in [1.82, 2.24) is 5.32 Å². The lowest BCUT2D eigenvalue weighted by molar-refractivity contribution is -0.125. The molecule has 0 aromatic heterocycles. The standard InChI is InChI=1S/C13H19FN2O2/c1-8(16-12(17)13(2,3)15)11-9(14)6-5-7-10(11)18-4/h5-8H,15H2,1-4H3,(H,16,17). The highest BCUT2D eigenvalue weighted by molar-refractivity contribution is 5.85. The summed E-state index contributed by atoms with van der Waals surface area (Å²) in [6.07, 6.45) is 0. The number of nitrogens with one attached hydrogen (secondary N) is 1. The van der Waals surface area contributed by atoms with Gasteiger partial charge in [-0.2, -0.15) is 0 Å². The summed E-state index contributed by atoms with van der Waals surface area (Å²) < 4.78 is 18.9. The molecular weight excluding hydrogens is 235 g/mol. The number of nitrogens with two attached hydrogens (primary N) is 1. The fourth-order valence-corrected chi connectivity index (χ4v) is 1.57. The van der Waals surface area contributed by atoms with E-state index < -0.39 is 17.4 Å². The first-order valence-electron chi connectivity index (χ1n) is 5.69. The number of rotatable bonds is 4. The highest BCUT2D eigenvalue weighted by Crippen LogP contribution is 2.27. The summed E-state index contributed by atoms with van der Waals surface area (Å²) in [6.45, 7) is 4.87. The molecule has 1 aromatic rings. The number of carbonyl (C=O) groups excluding carboxylic acids is 1. The number of hydrogen-bond donors (Lipinski definition) is 2. The summed E-state index contributed by atoms with van der Waals surface area (Å²) in [5, 5.41) is 2.67. The van der Waals surface area contributed by atoms with Crippen molar-refractivity contribution in [3.8, 4) is 5.75 Å². The van der Waals surface area contributed by atoms with Crippen LogP contribution in [0, 0.1) is 5.82 Å². The largest absolute Gasteiger partial charge is 0.496 e. The first-order chi connectivity index (χ1) is 8.27. The van der Waals surface area contributed by atoms with Crippen molar-refractivity contribution in [2.75, 3.05) is 7.11 Å². The number of carbonyl (C=O) groups is 1. The van der Waals surface area contributed by atoms with Gasteiger partial charge in [0.1, 0.15) is 11.6 Å². The molecule has 1 atom stereocenters. The van der Waals surface area contributed by atoms with Crippen molar-refractivity contribution < 1.29 is 13.9 Å². The Hall–Kier alpha value is -1.62. The first kappa shape index (κ1) is 14.4. The van der Waals surface area contributed by atoms with Crippen LogP contribution in [0.15, 0.2) is 18.2 Å². The molecule has 0 heterocycles. The van der Waals surface area contributed by atoms with Crippen LogP contribution in [-0.2, 0) is 4.79 Å². The second-order valence-electron chi connectivity index (χ2n) is 4.77. The van der Waals surface area contributed by atoms with Crippen molar-refractivity contribution in [2.24, 2.45) is 5.73 Å². The molecule has 1 aromatic carbocycles. The molecule has 0 radical (unpaired) electrons. The van der Waals surface area contributed by atoms with E-state index in [9.17, 15) is 9.18 Å². The van der Waals surface area contributed by atoms with Crippen molar-refractivity contribution >= 4 is 5.91 Å². The van der Waals surface area contributed by atoms with E-state index in [1.165, 1.54) is 13.2 Å². The normalized spacial score (nSPS) is 13.0. The quantitative estimate of drug-likeness (QED) is 0.860. The minimum absolute atomic E-state index is 0.317. The molecule has 4 nitrogen and oxygen atoms in total. The van der Waals surface area contributed by atoms with Gasteiger partial charge in [0.25, 0.3) is 0 Å². The zero-order valence-electron chi connectivity index (χ0n) is 11.1. The maximum Gasteiger partial charge on any atom is 0.239 e. The molecule has 0 aliphatic carbocycles. The first-order valence-corrected chi connectivity index (χ1v) is 5.69. The molecular formula is C13H19FN2O2. The number of halogens is 1. The average molecular weight is 254 g/mol. The van der Waals surface area contributed by atoms with E-state index in [1.807, 2.05) is 0 Å². The van der Waals surface area contributed by atoms with E-state index in [2.05, 4.69) is 5.32 Å². The summed E-state index contributed by atoms with van der Waals surface area (Å²) in [6, 6.07) is 4.01. The number of hydrogen-bond acceptors (Lipinski definition) is 3. The van der Waals surface area contributed by atoms with Crippen LogP contribution in [0.4, 0.5) is 4.39 Å². The van der Waals surface area contributed by atoms with Crippen LogP contribution in [0.3, 0.4) is 0 Å². The summed E-state index contributed by atoms with van der Waals surface area (Å²) in [7, 11) is 1.46. The van der Waals surface area contributed by atoms with Gasteiger partial charge < -0.3 is 15.8 Å². The fraction of sp³-hybridized carbons (Fsp3) is 0.462. The van der Waals surface area contributed by atoms with Gasteiger partial charge in [-0.3, -0.25) is 4.79 Å². The smallest absolute Gasteiger partial charge is 0.239 e. The third-order valence-corrected chi connectivity index (χ3v) is 2.60. The Bertz CT molecular complexity index is 441. The number of benzene rings is 1. The Labute approximate surface area is 106 Å². The SMILES string of the molecule is COc1cccc(F)c1C(C)NC(=O)C(C)(C)N. The minimum Gasteiger partial charge on any atom is -0.496 e. The molecule has 0 aliphatic heterocycles. The molecule has 0 aliphatic rings. The predicted octanol–water partition coefficient (Wildman–Crippen LogP) is 1.75. The Balaban J connectivity index is 2.98. The summed E-state index contributed by atoms with van der Waals surface area (Å²) in [4.78, 5) is 11.8. The lowest BCUT2D eigenvalue weighted by atomic mass is 10.0. The van der Waals surface area contributed by atoms with Gasteiger partial charge in [0.2, 0.25) is 5.91 Å². The Kier molecular flexibility index (Phi) is 4.29. The van der Waals surface area contributed by atoms with Gasteiger partial charge >= 0.3 is 0 Å². The van der Waals surface area contributed by atoms with Crippen molar-refractivity contribution in [1.29, 1.82) is 0 Å². The zero-order valence-corrected chi connectivity index (χ0v) is 11.1. The van der Waals surface area contributed by atoms with E-state index in [1.54, 1.807) is 32.9 Å². The van der Waals surface area contributed by atoms with Crippen molar-refractivity contribution in [3.63, 3.8) is 0 Å². The molecule has 3 N–H and O–H groups in total. The third kappa shape index (κ3) is 3.20. The van der Waals surface area contributed by atoms with Crippen LogP contribution in [0.25, 0.3) is 0 Å². The maximum absolute atomic E-state index is 13.8. The molecule has 18 heavy (non-hydrogen) atoms. The van der Waals surface area contributed by atoms with Crippen LogP contribution in [-0.4, -0.2) is 18.6 Å². The van der Waals surface area contributed by atoms with Crippen LogP contribution in [0.1, 0.15) is 32.4 Å². The second kappa shape index (κ2) is 5.35. The van der Waals surface area contributed by atoms with E-state index in [0.29, 0.717) is 11.3 Å². The lowest BCUT2D eigenvalue weighted by Gasteiger charge is -2.23. The summed E-state index contributed by atoms with van der Waals surface area (Å²) >= 11 is 0. The van der Waals surface area contributed by atoms with Crippen molar-refractivity contribution in [2.45, 2.75) is 32.4 Å². The zero-order chi connectivity index (χ0) is 13.9. The summed E-state index contributed by atoms with van der Waals surface area (Å²) in [5.74, 6) is -0.366. The highest BCUT2D eigenvalue weighted by Gasteiger charge is 2.25. The molecule has 1 unspecified atom stereocenters. The van der Waals surface area contributed by atoms with Crippen LogP contribution in [0.2, 0.25) is 0 Å². The Morgan fingerprint density at radius 3 is 2.61 bits per heavy atom. The van der Waals surface area contributed by atoms with E-state index >= 15 is 0 Å². The van der Waals surface area contributed by atoms with Gasteiger partial charge in [-0.15, -0.1) is 0 Å². The van der Waals surface area contributed by atoms with Gasteiger partial charge in [-0.25, -0.2) is 4.39 Å². The second-order valence-corrected chi connectivity index (χ2v) is 4.77. The molecule has 1 rings (SSSR count). The number of amides is 1. The van der Waals surface area contributed by atoms with Crippen LogP contribution in [0.5, 0.6) is 5.75 Å². The molecule has 1 amide bonds. The van der Waals surface area contributed by atoms with Gasteiger partial charge in [0.05, 0.1) is 24.3 Å². The Morgan fingerprint density at radius 1 is 1.50 bits per heavy atom. The Morgan fingerprint density at radius 2 is 2.11 bits per heavy atom. The molecule has 100 valence electrons. The molecule has 0 fully saturated rings. The molecule has 0 saturated heterocycles. The predicted molar refractivity (Wildman–Crippen MR) is 67.8 cm³/mol. The fourth-order valence-electron chi connectivity index (χ4n) is 1.57. The molecule has 0 saturated carbocycles. The van der Waals surface area contributed by atoms with Crippen LogP contribution >= 0.6 is 0 Å². The van der Waals surface area contributed by atoms with E-state index in [4.69, 9.17) is 10.5 Å². The van der Waals surface area contributed by atoms with Gasteiger partial charge in [-0.05, 0) is 32.9 Å². The summed E-state index contributed by atoms with van der Waals surface area (Å²) in [5.41, 5.74) is 4.99. The van der Waals surface area contributed by atoms with Crippen LogP contribution < -0.4 is 15.8 Å². The van der Waals surface area contributed by atoms with Gasteiger partial charge in [-0.1, -0.05) is 6.07 Å². The molecule has 5 heteroatoms. The van der Waals surface area contributed by atoms with Crippen molar-refractivity contribution in [3.05, 3.63) is 29.6 Å². The molecule has 0 spiro atoms. The topological polar surface area (TPSA) is 64.3 Å². The molecule has 0 bridgehead atoms. The maximum atomic E-state index is 13.8. The number of methoxy groups -OCH3 is 1. The van der Waals surface area contributed by atoms with E-state index in [-0.39, 0.29) is 5.91 Å². The highest BCUT2D eigenvalue weighted by atomic mass is 19.1. The van der Waals surface area contributed by atoms with Gasteiger partial charge in [0, 0.05) is 0 Å². The van der Waals surface area contributed by atoms with E-state index in [0.717, 1.165) is 0 Å². The monoisotopic (exact) mass is 254 g/mol.